The molecule has 1 N–H and O–H groups in total. The summed E-state index contributed by atoms with van der Waals surface area (Å²) in [6.07, 6.45) is 3.25. The lowest BCUT2D eigenvalue weighted by molar-refractivity contribution is -0.122. The van der Waals surface area contributed by atoms with Gasteiger partial charge in [-0.25, -0.2) is 8.42 Å². The van der Waals surface area contributed by atoms with Gasteiger partial charge in [0.05, 0.1) is 11.4 Å². The molecular weight excluding hydrogens is 362 g/mol. The highest BCUT2D eigenvalue weighted by molar-refractivity contribution is 7.89. The molecule has 1 amide bonds. The van der Waals surface area contributed by atoms with Gasteiger partial charge in [-0.1, -0.05) is 37.5 Å². The molecule has 1 fully saturated rings. The monoisotopic (exact) mass is 395 g/mol. The molecule has 1 aliphatic heterocycles. The number of hydrogen-bond donors (Lipinski definition) is 1. The number of sulfonamides is 1. The summed E-state index contributed by atoms with van der Waals surface area (Å²) in [6, 6.07) is 3.83. The summed E-state index contributed by atoms with van der Waals surface area (Å²) in [4.78, 5) is 14.5. The first-order valence-electron chi connectivity index (χ1n) is 9.82. The lowest BCUT2D eigenvalue weighted by Gasteiger charge is -2.34. The van der Waals surface area contributed by atoms with Crippen LogP contribution in [-0.4, -0.2) is 62.8 Å². The van der Waals surface area contributed by atoms with Gasteiger partial charge < -0.3 is 5.32 Å². The van der Waals surface area contributed by atoms with Gasteiger partial charge in [0.15, 0.2) is 0 Å². The molecule has 0 atom stereocenters. The maximum absolute atomic E-state index is 13.1. The van der Waals surface area contributed by atoms with Crippen LogP contribution in [0.5, 0.6) is 0 Å². The van der Waals surface area contributed by atoms with Crippen LogP contribution in [0.4, 0.5) is 0 Å². The van der Waals surface area contributed by atoms with Gasteiger partial charge in [-0.3, -0.25) is 9.69 Å². The summed E-state index contributed by atoms with van der Waals surface area (Å²) in [5.41, 5.74) is 2.65. The van der Waals surface area contributed by atoms with Crippen molar-refractivity contribution < 1.29 is 13.2 Å². The summed E-state index contributed by atoms with van der Waals surface area (Å²) < 4.78 is 27.7. The Morgan fingerprint density at radius 2 is 1.63 bits per heavy atom. The van der Waals surface area contributed by atoms with E-state index in [4.69, 9.17) is 0 Å². The van der Waals surface area contributed by atoms with Gasteiger partial charge in [-0.2, -0.15) is 4.31 Å². The molecule has 1 saturated heterocycles. The minimum absolute atomic E-state index is 0.0210. The SMILES string of the molecule is CCCCCNC(=O)CN1CCN(S(=O)(=O)c2c(C)cc(C)cc2C)CC1. The quantitative estimate of drug-likeness (QED) is 0.685. The van der Waals surface area contributed by atoms with Crippen LogP contribution >= 0.6 is 0 Å². The zero-order valence-electron chi connectivity index (χ0n) is 17.0. The van der Waals surface area contributed by atoms with Gasteiger partial charge in [-0.05, 0) is 38.3 Å². The van der Waals surface area contributed by atoms with Crippen LogP contribution < -0.4 is 5.32 Å². The Morgan fingerprint density at radius 3 is 2.19 bits per heavy atom. The van der Waals surface area contributed by atoms with Crippen LogP contribution in [0.2, 0.25) is 0 Å². The minimum atomic E-state index is -3.51. The van der Waals surface area contributed by atoms with Crippen molar-refractivity contribution in [3.8, 4) is 0 Å². The lowest BCUT2D eigenvalue weighted by Crippen LogP contribution is -2.51. The molecule has 0 saturated carbocycles. The molecule has 2 rings (SSSR count). The summed E-state index contributed by atoms with van der Waals surface area (Å²) >= 11 is 0. The number of nitrogens with one attached hydrogen (secondary N) is 1. The van der Waals surface area contributed by atoms with Gasteiger partial charge in [0, 0.05) is 32.7 Å². The summed E-state index contributed by atoms with van der Waals surface area (Å²) in [5, 5.41) is 2.94. The molecule has 0 radical (unpaired) electrons. The summed E-state index contributed by atoms with van der Waals surface area (Å²) in [7, 11) is -3.51. The number of aryl methyl sites for hydroxylation is 3. The number of carbonyl (C=O) groups is 1. The Hall–Kier alpha value is -1.44. The fourth-order valence-corrected chi connectivity index (χ4v) is 5.53. The summed E-state index contributed by atoms with van der Waals surface area (Å²) in [5.74, 6) is 0.0210. The number of rotatable bonds is 8. The Labute approximate surface area is 164 Å². The van der Waals surface area contributed by atoms with Gasteiger partial charge >= 0.3 is 0 Å². The third-order valence-electron chi connectivity index (χ3n) is 5.00. The molecule has 0 unspecified atom stereocenters. The standard InChI is InChI=1S/C20H33N3O3S/c1-5-6-7-8-21-19(24)15-22-9-11-23(12-10-22)27(25,26)20-17(3)13-16(2)14-18(20)4/h13-14H,5-12,15H2,1-4H3,(H,21,24). The second kappa shape index (κ2) is 9.66. The lowest BCUT2D eigenvalue weighted by atomic mass is 10.1. The van der Waals surface area contributed by atoms with Crippen LogP contribution in [0.1, 0.15) is 42.9 Å². The minimum Gasteiger partial charge on any atom is -0.355 e. The Bertz CT molecular complexity index is 731. The number of unbranched alkanes of at least 4 members (excludes halogenated alkanes) is 2. The molecule has 0 aliphatic carbocycles. The van der Waals surface area contributed by atoms with Crippen LogP contribution in [-0.2, 0) is 14.8 Å². The van der Waals surface area contributed by atoms with E-state index >= 15 is 0 Å². The van der Waals surface area contributed by atoms with E-state index in [2.05, 4.69) is 12.2 Å². The van der Waals surface area contributed by atoms with Crippen LogP contribution in [0.3, 0.4) is 0 Å². The van der Waals surface area contributed by atoms with Crippen LogP contribution in [0, 0.1) is 20.8 Å². The van der Waals surface area contributed by atoms with Gasteiger partial charge in [0.2, 0.25) is 15.9 Å². The van der Waals surface area contributed by atoms with E-state index < -0.39 is 10.0 Å². The van der Waals surface area contributed by atoms with E-state index in [1.165, 1.54) is 0 Å². The molecule has 1 heterocycles. The molecule has 1 aromatic carbocycles. The summed E-state index contributed by atoms with van der Waals surface area (Å²) in [6.45, 7) is 10.8. The van der Waals surface area contributed by atoms with E-state index in [-0.39, 0.29) is 5.91 Å². The third-order valence-corrected chi connectivity index (χ3v) is 7.21. The smallest absolute Gasteiger partial charge is 0.243 e. The van der Waals surface area contributed by atoms with Crippen molar-refractivity contribution in [2.45, 2.75) is 51.9 Å². The molecule has 7 heteroatoms. The number of nitrogens with zero attached hydrogens (tertiary/aromatic N) is 2. The van der Waals surface area contributed by atoms with Crippen LogP contribution in [0.15, 0.2) is 17.0 Å². The highest BCUT2D eigenvalue weighted by atomic mass is 32.2. The number of benzene rings is 1. The number of piperazine rings is 1. The van der Waals surface area contributed by atoms with Crippen molar-refractivity contribution in [3.05, 3.63) is 28.8 Å². The molecular formula is C20H33N3O3S. The maximum Gasteiger partial charge on any atom is 0.243 e. The normalized spacial score (nSPS) is 16.4. The topological polar surface area (TPSA) is 69.7 Å². The van der Waals surface area contributed by atoms with Crippen LogP contribution in [0.25, 0.3) is 0 Å². The van der Waals surface area contributed by atoms with E-state index in [9.17, 15) is 13.2 Å². The number of carbonyl (C=O) groups excluding carboxylic acids is 1. The largest absolute Gasteiger partial charge is 0.355 e. The highest BCUT2D eigenvalue weighted by Gasteiger charge is 2.31. The zero-order valence-corrected chi connectivity index (χ0v) is 17.9. The maximum atomic E-state index is 13.1. The fourth-order valence-electron chi connectivity index (χ4n) is 3.69. The molecule has 27 heavy (non-hydrogen) atoms. The molecule has 0 spiro atoms. The first kappa shape index (κ1) is 21.9. The second-order valence-electron chi connectivity index (χ2n) is 7.47. The van der Waals surface area contributed by atoms with Gasteiger partial charge in [0.25, 0.3) is 0 Å². The first-order chi connectivity index (χ1) is 12.8. The molecule has 6 nitrogen and oxygen atoms in total. The van der Waals surface area contributed by atoms with Crippen molar-refractivity contribution in [3.63, 3.8) is 0 Å². The average molecular weight is 396 g/mol. The molecule has 152 valence electrons. The predicted molar refractivity (Wildman–Crippen MR) is 108 cm³/mol. The van der Waals surface area contributed by atoms with Gasteiger partial charge in [0.1, 0.15) is 0 Å². The van der Waals surface area contributed by atoms with E-state index in [1.807, 2.05) is 37.8 Å². The fraction of sp³-hybridized carbons (Fsp3) is 0.650. The van der Waals surface area contributed by atoms with Crippen molar-refractivity contribution in [1.82, 2.24) is 14.5 Å². The van der Waals surface area contributed by atoms with Gasteiger partial charge in [-0.15, -0.1) is 0 Å². The third kappa shape index (κ3) is 5.77. The Balaban J connectivity index is 1.92. The van der Waals surface area contributed by atoms with Crippen molar-refractivity contribution >= 4 is 15.9 Å². The molecule has 0 bridgehead atoms. The first-order valence-corrected chi connectivity index (χ1v) is 11.3. The number of hydrogen-bond acceptors (Lipinski definition) is 4. The average Bonchev–Trinajstić information content (AvgIpc) is 2.58. The van der Waals surface area contributed by atoms with Crippen molar-refractivity contribution in [1.29, 1.82) is 0 Å². The van der Waals surface area contributed by atoms with E-state index in [0.717, 1.165) is 36.0 Å². The number of amides is 1. The highest BCUT2D eigenvalue weighted by Crippen LogP contribution is 2.26. The van der Waals surface area contributed by atoms with E-state index in [1.54, 1.807) is 4.31 Å². The zero-order chi connectivity index (χ0) is 20.0. The van der Waals surface area contributed by atoms with Crippen molar-refractivity contribution in [2.24, 2.45) is 0 Å². The molecule has 1 aliphatic rings. The Morgan fingerprint density at radius 1 is 1.04 bits per heavy atom. The molecule has 1 aromatic rings. The molecule has 0 aromatic heterocycles. The van der Waals surface area contributed by atoms with E-state index in [0.29, 0.717) is 44.2 Å². The van der Waals surface area contributed by atoms with Crippen molar-refractivity contribution in [2.75, 3.05) is 39.3 Å². The second-order valence-corrected chi connectivity index (χ2v) is 9.34. The Kier molecular flexibility index (Phi) is 7.82. The predicted octanol–water partition coefficient (Wildman–Crippen LogP) is 2.22.